The van der Waals surface area contributed by atoms with E-state index in [2.05, 4.69) is 24.3 Å². The van der Waals surface area contributed by atoms with E-state index in [1.54, 1.807) is 12.1 Å². The molecule has 3 nitrogen and oxygen atoms in total. The highest BCUT2D eigenvalue weighted by atomic mass is 16.3. The molecule has 98 valence electrons. The first-order valence-corrected chi connectivity index (χ1v) is 6.45. The lowest BCUT2D eigenvalue weighted by Crippen LogP contribution is -1.99. The molecule has 0 fully saturated rings. The second-order valence-electron chi connectivity index (χ2n) is 4.85. The number of aromatic nitrogens is 1. The molecule has 0 saturated heterocycles. The van der Waals surface area contributed by atoms with E-state index < -0.39 is 0 Å². The molecule has 1 aromatic heterocycles. The van der Waals surface area contributed by atoms with Gasteiger partial charge in [-0.25, -0.2) is 0 Å². The van der Waals surface area contributed by atoms with Gasteiger partial charge in [-0.05, 0) is 48.9 Å². The Bertz CT molecular complexity index is 807. The van der Waals surface area contributed by atoms with Gasteiger partial charge in [0.25, 0.3) is 0 Å². The van der Waals surface area contributed by atoms with Crippen molar-refractivity contribution in [2.75, 3.05) is 0 Å². The Kier molecular flexibility index (Phi) is 3.02. The second kappa shape index (κ2) is 4.84. The summed E-state index contributed by atoms with van der Waals surface area (Å²) >= 11 is 0. The summed E-state index contributed by atoms with van der Waals surface area (Å²) in [6, 6.07) is 17.7. The molecular formula is C17H14N2O. The monoisotopic (exact) mass is 262 g/mol. The maximum atomic E-state index is 9.58. The summed E-state index contributed by atoms with van der Waals surface area (Å²) in [7, 11) is 0. The molecule has 0 spiro atoms. The van der Waals surface area contributed by atoms with Gasteiger partial charge in [0.05, 0.1) is 23.8 Å². The van der Waals surface area contributed by atoms with E-state index in [1.165, 1.54) is 5.56 Å². The Morgan fingerprint density at radius 1 is 1.10 bits per heavy atom. The summed E-state index contributed by atoms with van der Waals surface area (Å²) in [5.74, 6) is 0. The van der Waals surface area contributed by atoms with Gasteiger partial charge in [0.15, 0.2) is 0 Å². The first-order valence-electron chi connectivity index (χ1n) is 6.45. The molecule has 1 N–H and O–H groups in total. The number of aliphatic hydroxyl groups excluding tert-OH is 1. The van der Waals surface area contributed by atoms with Gasteiger partial charge in [-0.1, -0.05) is 12.1 Å². The van der Waals surface area contributed by atoms with E-state index >= 15 is 0 Å². The van der Waals surface area contributed by atoms with E-state index in [-0.39, 0.29) is 6.61 Å². The van der Waals surface area contributed by atoms with Crippen LogP contribution in [0.25, 0.3) is 16.6 Å². The molecule has 0 aliphatic carbocycles. The minimum atomic E-state index is -0.0201. The van der Waals surface area contributed by atoms with Crippen molar-refractivity contribution in [1.29, 1.82) is 5.26 Å². The van der Waals surface area contributed by atoms with E-state index in [4.69, 9.17) is 5.26 Å². The van der Waals surface area contributed by atoms with Crippen molar-refractivity contribution in [3.8, 4) is 11.8 Å². The summed E-state index contributed by atoms with van der Waals surface area (Å²) in [6.07, 6.45) is 0. The fourth-order valence-electron chi connectivity index (χ4n) is 2.47. The Labute approximate surface area is 117 Å². The first kappa shape index (κ1) is 12.5. The van der Waals surface area contributed by atoms with Crippen molar-refractivity contribution >= 4 is 10.9 Å². The summed E-state index contributed by atoms with van der Waals surface area (Å²) in [5.41, 5.74) is 4.67. The molecule has 2 aromatic carbocycles. The first-order chi connectivity index (χ1) is 9.72. The zero-order valence-corrected chi connectivity index (χ0v) is 11.2. The molecule has 0 amide bonds. The van der Waals surface area contributed by atoms with Crippen molar-refractivity contribution in [1.82, 2.24) is 4.57 Å². The molecule has 1 heterocycles. The van der Waals surface area contributed by atoms with Crippen molar-refractivity contribution in [3.63, 3.8) is 0 Å². The third-order valence-corrected chi connectivity index (χ3v) is 3.45. The summed E-state index contributed by atoms with van der Waals surface area (Å²) in [4.78, 5) is 0. The Balaban J connectivity index is 2.27. The van der Waals surface area contributed by atoms with Crippen molar-refractivity contribution < 1.29 is 5.11 Å². The van der Waals surface area contributed by atoms with Crippen molar-refractivity contribution in [2.45, 2.75) is 13.5 Å². The smallest absolute Gasteiger partial charge is 0.0991 e. The zero-order chi connectivity index (χ0) is 14.1. The SMILES string of the molecule is Cc1ccc2cc(CO)n(-c3ccc(C#N)cc3)c2c1. The zero-order valence-electron chi connectivity index (χ0n) is 11.2. The lowest BCUT2D eigenvalue weighted by Gasteiger charge is -2.10. The van der Waals surface area contributed by atoms with Crippen LogP contribution in [-0.2, 0) is 6.61 Å². The van der Waals surface area contributed by atoms with Gasteiger partial charge in [0, 0.05) is 16.8 Å². The highest BCUT2D eigenvalue weighted by molar-refractivity contribution is 5.84. The van der Waals surface area contributed by atoms with Crippen molar-refractivity contribution in [2.24, 2.45) is 0 Å². The van der Waals surface area contributed by atoms with Gasteiger partial charge >= 0.3 is 0 Å². The predicted molar refractivity (Wildman–Crippen MR) is 78.6 cm³/mol. The number of nitriles is 1. The van der Waals surface area contributed by atoms with Crippen LogP contribution in [0.1, 0.15) is 16.8 Å². The van der Waals surface area contributed by atoms with Gasteiger partial charge < -0.3 is 9.67 Å². The maximum absolute atomic E-state index is 9.58. The number of aliphatic hydroxyl groups is 1. The largest absolute Gasteiger partial charge is 0.390 e. The number of rotatable bonds is 2. The number of hydrogen-bond acceptors (Lipinski definition) is 2. The van der Waals surface area contributed by atoms with E-state index in [0.29, 0.717) is 5.56 Å². The van der Waals surface area contributed by atoms with Crippen LogP contribution in [0.3, 0.4) is 0 Å². The summed E-state index contributed by atoms with van der Waals surface area (Å²) in [5, 5.41) is 19.5. The topological polar surface area (TPSA) is 49.0 Å². The van der Waals surface area contributed by atoms with E-state index in [9.17, 15) is 5.11 Å². The van der Waals surface area contributed by atoms with Crippen LogP contribution in [0.2, 0.25) is 0 Å². The Morgan fingerprint density at radius 2 is 1.85 bits per heavy atom. The Morgan fingerprint density at radius 3 is 2.50 bits per heavy atom. The molecule has 0 saturated carbocycles. The highest BCUT2D eigenvalue weighted by Gasteiger charge is 2.10. The van der Waals surface area contributed by atoms with Gasteiger partial charge in [-0.15, -0.1) is 0 Å². The average molecular weight is 262 g/mol. The molecule has 3 aromatic rings. The minimum Gasteiger partial charge on any atom is -0.390 e. The fourth-order valence-corrected chi connectivity index (χ4v) is 2.47. The lowest BCUT2D eigenvalue weighted by atomic mass is 10.2. The summed E-state index contributed by atoms with van der Waals surface area (Å²) < 4.78 is 2.03. The van der Waals surface area contributed by atoms with Crippen LogP contribution >= 0.6 is 0 Å². The number of nitrogens with zero attached hydrogens (tertiary/aromatic N) is 2. The van der Waals surface area contributed by atoms with Gasteiger partial charge in [0.2, 0.25) is 0 Å². The molecule has 0 unspecified atom stereocenters. The average Bonchev–Trinajstić information content (AvgIpc) is 2.85. The molecule has 0 atom stereocenters. The third-order valence-electron chi connectivity index (χ3n) is 3.45. The lowest BCUT2D eigenvalue weighted by molar-refractivity contribution is 0.275. The molecule has 20 heavy (non-hydrogen) atoms. The molecule has 0 aliphatic rings. The Hall–Kier alpha value is -2.57. The second-order valence-corrected chi connectivity index (χ2v) is 4.85. The third kappa shape index (κ3) is 1.97. The van der Waals surface area contributed by atoms with Gasteiger partial charge in [0.1, 0.15) is 0 Å². The number of fused-ring (bicyclic) bond motifs is 1. The highest BCUT2D eigenvalue weighted by Crippen LogP contribution is 2.25. The van der Waals surface area contributed by atoms with Crippen LogP contribution < -0.4 is 0 Å². The minimum absolute atomic E-state index is 0.0201. The van der Waals surface area contributed by atoms with Crippen LogP contribution in [0.5, 0.6) is 0 Å². The van der Waals surface area contributed by atoms with E-state index in [0.717, 1.165) is 22.3 Å². The number of aryl methyl sites for hydroxylation is 1. The standard InChI is InChI=1S/C17H14N2O/c1-12-2-5-14-9-16(11-20)19(17(14)8-12)15-6-3-13(10-18)4-7-15/h2-9,20H,11H2,1H3. The van der Waals surface area contributed by atoms with Gasteiger partial charge in [-0.2, -0.15) is 5.26 Å². The molecule has 0 bridgehead atoms. The molecule has 0 radical (unpaired) electrons. The van der Waals surface area contributed by atoms with E-state index in [1.807, 2.05) is 29.7 Å². The van der Waals surface area contributed by atoms with Crippen molar-refractivity contribution in [3.05, 3.63) is 65.4 Å². The molecule has 3 heteroatoms. The van der Waals surface area contributed by atoms with Crippen LogP contribution in [0.4, 0.5) is 0 Å². The van der Waals surface area contributed by atoms with Crippen LogP contribution in [-0.4, -0.2) is 9.67 Å². The quantitative estimate of drug-likeness (QED) is 0.770. The maximum Gasteiger partial charge on any atom is 0.0991 e. The molecule has 3 rings (SSSR count). The molecular weight excluding hydrogens is 248 g/mol. The van der Waals surface area contributed by atoms with Gasteiger partial charge in [-0.3, -0.25) is 0 Å². The van der Waals surface area contributed by atoms with Crippen LogP contribution in [0.15, 0.2) is 48.5 Å². The predicted octanol–water partition coefficient (Wildman–Crippen LogP) is 3.30. The summed E-state index contributed by atoms with van der Waals surface area (Å²) in [6.45, 7) is 2.03. The molecule has 0 aliphatic heterocycles. The number of benzene rings is 2. The van der Waals surface area contributed by atoms with Crippen LogP contribution in [0, 0.1) is 18.3 Å². The normalized spacial score (nSPS) is 10.7. The number of hydrogen-bond donors (Lipinski definition) is 1. The fraction of sp³-hybridized carbons (Fsp3) is 0.118.